The molecule has 1 heterocycles. The van der Waals surface area contributed by atoms with Crippen LogP contribution in [0.3, 0.4) is 0 Å². The molecule has 0 amide bonds. The number of nitrogens with two attached hydrogens (primary N) is 1. The maximum absolute atomic E-state index is 5.75. The molecule has 2 rings (SSSR count). The van der Waals surface area contributed by atoms with Crippen LogP contribution in [-0.4, -0.2) is 18.1 Å². The molecule has 2 aromatic rings. The molecule has 0 aliphatic heterocycles. The van der Waals surface area contributed by atoms with E-state index >= 15 is 0 Å². The third-order valence-electron chi connectivity index (χ3n) is 3.04. The van der Waals surface area contributed by atoms with Crippen LogP contribution >= 0.6 is 11.3 Å². The van der Waals surface area contributed by atoms with E-state index in [2.05, 4.69) is 19.9 Å². The number of aromatic nitrogens is 1. The van der Waals surface area contributed by atoms with E-state index in [0.29, 0.717) is 19.1 Å². The van der Waals surface area contributed by atoms with Gasteiger partial charge in [-0.2, -0.15) is 0 Å². The summed E-state index contributed by atoms with van der Waals surface area (Å²) in [4.78, 5) is 4.72. The molecular weight excluding hydrogens is 244 g/mol. The Labute approximate surface area is 112 Å². The van der Waals surface area contributed by atoms with Crippen LogP contribution in [0.5, 0.6) is 5.75 Å². The van der Waals surface area contributed by atoms with Crippen molar-refractivity contribution in [3.8, 4) is 5.75 Å². The van der Waals surface area contributed by atoms with Crippen LogP contribution in [-0.2, 0) is 0 Å². The van der Waals surface area contributed by atoms with Gasteiger partial charge in [0.2, 0.25) is 0 Å². The highest BCUT2D eigenvalue weighted by atomic mass is 32.1. The average molecular weight is 264 g/mol. The number of hydrogen-bond acceptors (Lipinski definition) is 4. The number of benzene rings is 1. The Morgan fingerprint density at radius 2 is 2.28 bits per heavy atom. The van der Waals surface area contributed by atoms with E-state index in [1.54, 1.807) is 11.3 Å². The summed E-state index contributed by atoms with van der Waals surface area (Å²) in [5.74, 6) is 1.39. The van der Waals surface area contributed by atoms with Crippen LogP contribution < -0.4 is 10.5 Å². The van der Waals surface area contributed by atoms with Crippen LogP contribution in [0.15, 0.2) is 18.2 Å². The van der Waals surface area contributed by atoms with Crippen molar-refractivity contribution in [1.82, 2.24) is 4.98 Å². The van der Waals surface area contributed by atoms with E-state index in [1.807, 2.05) is 12.1 Å². The molecule has 1 aromatic heterocycles. The van der Waals surface area contributed by atoms with Gasteiger partial charge < -0.3 is 10.5 Å². The maximum Gasteiger partial charge on any atom is 0.146 e. The Kier molecular flexibility index (Phi) is 4.55. The van der Waals surface area contributed by atoms with Crippen molar-refractivity contribution < 1.29 is 4.74 Å². The van der Waals surface area contributed by atoms with Crippen molar-refractivity contribution in [3.05, 3.63) is 23.2 Å². The first kappa shape index (κ1) is 13.3. The molecule has 0 aliphatic carbocycles. The number of ether oxygens (including phenoxy) is 1. The van der Waals surface area contributed by atoms with Crippen LogP contribution in [0.25, 0.3) is 10.2 Å². The molecule has 98 valence electrons. The van der Waals surface area contributed by atoms with Gasteiger partial charge in [-0.1, -0.05) is 19.9 Å². The van der Waals surface area contributed by atoms with Crippen molar-refractivity contribution in [1.29, 1.82) is 0 Å². The van der Waals surface area contributed by atoms with E-state index in [4.69, 9.17) is 15.5 Å². The fourth-order valence-corrected chi connectivity index (χ4v) is 2.83. The van der Waals surface area contributed by atoms with Crippen LogP contribution in [0.4, 0.5) is 0 Å². The number of hydrogen-bond donors (Lipinski definition) is 1. The standard InChI is InChI=1S/C14H20N2OS/c1-3-10(2)14-16-13-11(17-9-5-8-15)6-4-7-12(13)18-14/h4,6-7,10H,3,5,8-9,15H2,1-2H3. The van der Waals surface area contributed by atoms with Crippen molar-refractivity contribution in [2.24, 2.45) is 5.73 Å². The molecule has 4 heteroatoms. The molecule has 3 nitrogen and oxygen atoms in total. The molecule has 0 saturated heterocycles. The normalized spacial score (nSPS) is 12.8. The molecule has 18 heavy (non-hydrogen) atoms. The van der Waals surface area contributed by atoms with Gasteiger partial charge in [0.05, 0.1) is 16.3 Å². The summed E-state index contributed by atoms with van der Waals surface area (Å²) in [5.41, 5.74) is 6.47. The summed E-state index contributed by atoms with van der Waals surface area (Å²) >= 11 is 1.77. The smallest absolute Gasteiger partial charge is 0.146 e. The van der Waals surface area contributed by atoms with E-state index in [1.165, 1.54) is 9.71 Å². The summed E-state index contributed by atoms with van der Waals surface area (Å²) < 4.78 is 6.95. The molecule has 0 bridgehead atoms. The second-order valence-electron chi connectivity index (χ2n) is 4.45. The highest BCUT2D eigenvalue weighted by Gasteiger charge is 2.12. The van der Waals surface area contributed by atoms with E-state index in [9.17, 15) is 0 Å². The average Bonchev–Trinajstić information content (AvgIpc) is 2.83. The Bertz CT molecular complexity index is 509. The number of thiazole rings is 1. The molecule has 0 fully saturated rings. The Hall–Kier alpha value is -1.13. The third-order valence-corrected chi connectivity index (χ3v) is 4.29. The zero-order chi connectivity index (χ0) is 13.0. The minimum atomic E-state index is 0.513. The van der Waals surface area contributed by atoms with Crippen molar-refractivity contribution in [2.45, 2.75) is 32.6 Å². The second kappa shape index (κ2) is 6.16. The summed E-state index contributed by atoms with van der Waals surface area (Å²) in [5, 5.41) is 1.20. The second-order valence-corrected chi connectivity index (χ2v) is 5.52. The molecule has 1 atom stereocenters. The third kappa shape index (κ3) is 2.82. The van der Waals surface area contributed by atoms with Gasteiger partial charge in [-0.25, -0.2) is 4.98 Å². The van der Waals surface area contributed by atoms with E-state index in [-0.39, 0.29) is 0 Å². The zero-order valence-corrected chi connectivity index (χ0v) is 11.8. The molecule has 1 unspecified atom stereocenters. The molecule has 1 aromatic carbocycles. The first-order valence-electron chi connectivity index (χ1n) is 6.48. The molecule has 0 spiro atoms. The molecule has 0 aliphatic rings. The van der Waals surface area contributed by atoms with Gasteiger partial charge in [0.1, 0.15) is 11.3 Å². The maximum atomic E-state index is 5.75. The van der Waals surface area contributed by atoms with Gasteiger partial charge in [0.25, 0.3) is 0 Å². The molecule has 2 N–H and O–H groups in total. The first-order valence-corrected chi connectivity index (χ1v) is 7.30. The number of nitrogens with zero attached hydrogens (tertiary/aromatic N) is 1. The van der Waals surface area contributed by atoms with Crippen molar-refractivity contribution in [3.63, 3.8) is 0 Å². The lowest BCUT2D eigenvalue weighted by atomic mass is 10.1. The lowest BCUT2D eigenvalue weighted by Gasteiger charge is -2.05. The van der Waals surface area contributed by atoms with Crippen LogP contribution in [0, 0.1) is 0 Å². The van der Waals surface area contributed by atoms with Gasteiger partial charge in [-0.3, -0.25) is 0 Å². The molecular formula is C14H20N2OS. The lowest BCUT2D eigenvalue weighted by Crippen LogP contribution is -2.06. The van der Waals surface area contributed by atoms with Gasteiger partial charge >= 0.3 is 0 Å². The minimum Gasteiger partial charge on any atom is -0.491 e. The van der Waals surface area contributed by atoms with Crippen molar-refractivity contribution >= 4 is 21.6 Å². The molecule has 0 radical (unpaired) electrons. The SMILES string of the molecule is CCC(C)c1nc2c(OCCCN)cccc2s1. The fraction of sp³-hybridized carbons (Fsp3) is 0.500. The Balaban J connectivity index is 2.27. The molecule has 0 saturated carbocycles. The van der Waals surface area contributed by atoms with Crippen molar-refractivity contribution in [2.75, 3.05) is 13.2 Å². The van der Waals surface area contributed by atoms with E-state index in [0.717, 1.165) is 24.1 Å². The summed E-state index contributed by atoms with van der Waals surface area (Å²) in [7, 11) is 0. The van der Waals surface area contributed by atoms with Gasteiger partial charge in [-0.15, -0.1) is 11.3 Å². The highest BCUT2D eigenvalue weighted by molar-refractivity contribution is 7.18. The Morgan fingerprint density at radius 1 is 1.44 bits per heavy atom. The summed E-state index contributed by atoms with van der Waals surface area (Å²) in [6, 6.07) is 6.12. The predicted molar refractivity (Wildman–Crippen MR) is 77.5 cm³/mol. The fourth-order valence-electron chi connectivity index (χ4n) is 1.71. The lowest BCUT2D eigenvalue weighted by molar-refractivity contribution is 0.316. The largest absolute Gasteiger partial charge is 0.491 e. The minimum absolute atomic E-state index is 0.513. The van der Waals surface area contributed by atoms with E-state index < -0.39 is 0 Å². The van der Waals surface area contributed by atoms with Gasteiger partial charge in [-0.05, 0) is 31.5 Å². The predicted octanol–water partition coefficient (Wildman–Crippen LogP) is 3.54. The quantitative estimate of drug-likeness (QED) is 0.812. The number of para-hydroxylation sites is 1. The zero-order valence-electron chi connectivity index (χ0n) is 11.0. The first-order chi connectivity index (χ1) is 8.76. The summed E-state index contributed by atoms with van der Waals surface area (Å²) in [6.45, 7) is 5.72. The number of fused-ring (bicyclic) bond motifs is 1. The topological polar surface area (TPSA) is 48.1 Å². The van der Waals surface area contributed by atoms with Gasteiger partial charge in [0, 0.05) is 5.92 Å². The highest BCUT2D eigenvalue weighted by Crippen LogP contribution is 2.33. The Morgan fingerprint density at radius 3 is 3.00 bits per heavy atom. The summed E-state index contributed by atoms with van der Waals surface area (Å²) in [6.07, 6.45) is 1.99. The number of rotatable bonds is 6. The monoisotopic (exact) mass is 264 g/mol. The van der Waals surface area contributed by atoms with Crippen LogP contribution in [0.1, 0.15) is 37.6 Å². The van der Waals surface area contributed by atoms with Gasteiger partial charge in [0.15, 0.2) is 0 Å². The van der Waals surface area contributed by atoms with Crippen LogP contribution in [0.2, 0.25) is 0 Å².